The molecule has 1 atom stereocenters. The first-order chi connectivity index (χ1) is 9.90. The average Bonchev–Trinajstić information content (AvgIpc) is 2.86. The molecule has 5 nitrogen and oxygen atoms in total. The minimum atomic E-state index is 0.127. The molecule has 0 fully saturated rings. The van der Waals surface area contributed by atoms with Gasteiger partial charge < -0.3 is 9.84 Å². The fourth-order valence-corrected chi connectivity index (χ4v) is 2.46. The first-order valence-corrected chi connectivity index (χ1v) is 7.86. The zero-order valence-electron chi connectivity index (χ0n) is 12.9. The van der Waals surface area contributed by atoms with Crippen LogP contribution in [0.5, 0.6) is 0 Å². The lowest BCUT2D eigenvalue weighted by atomic mass is 9.84. The standard InChI is InChI=1S/C15H21BrN4O/c1-5-18-12(15(2,3)4)7-13-19-14(20-21-13)10-6-11(16)9-17-8-10/h6,8-9,12,18H,5,7H2,1-4H3. The highest BCUT2D eigenvalue weighted by molar-refractivity contribution is 9.10. The Morgan fingerprint density at radius 1 is 1.33 bits per heavy atom. The molecule has 2 heterocycles. The maximum atomic E-state index is 5.39. The zero-order chi connectivity index (χ0) is 15.5. The monoisotopic (exact) mass is 352 g/mol. The topological polar surface area (TPSA) is 63.8 Å². The van der Waals surface area contributed by atoms with Crippen LogP contribution in [0.4, 0.5) is 0 Å². The van der Waals surface area contributed by atoms with E-state index in [-0.39, 0.29) is 11.5 Å². The van der Waals surface area contributed by atoms with E-state index in [1.165, 1.54) is 0 Å². The van der Waals surface area contributed by atoms with E-state index in [1.807, 2.05) is 6.07 Å². The summed E-state index contributed by atoms with van der Waals surface area (Å²) in [6.45, 7) is 9.63. The van der Waals surface area contributed by atoms with Gasteiger partial charge in [0, 0.05) is 34.9 Å². The van der Waals surface area contributed by atoms with Crippen LogP contribution < -0.4 is 5.32 Å². The minimum absolute atomic E-state index is 0.127. The van der Waals surface area contributed by atoms with E-state index in [4.69, 9.17) is 4.52 Å². The zero-order valence-corrected chi connectivity index (χ0v) is 14.4. The molecule has 0 saturated carbocycles. The van der Waals surface area contributed by atoms with Gasteiger partial charge in [0.05, 0.1) is 0 Å². The van der Waals surface area contributed by atoms with Crippen molar-refractivity contribution >= 4 is 15.9 Å². The number of rotatable bonds is 5. The Labute approximate surface area is 133 Å². The Hall–Kier alpha value is -1.27. The molecular weight excluding hydrogens is 332 g/mol. The minimum Gasteiger partial charge on any atom is -0.339 e. The van der Waals surface area contributed by atoms with Crippen molar-refractivity contribution in [3.05, 3.63) is 28.8 Å². The lowest BCUT2D eigenvalue weighted by Gasteiger charge is -2.30. The number of hydrogen-bond acceptors (Lipinski definition) is 5. The van der Waals surface area contributed by atoms with Crippen molar-refractivity contribution in [3.8, 4) is 11.4 Å². The summed E-state index contributed by atoms with van der Waals surface area (Å²) >= 11 is 3.39. The molecule has 0 aliphatic heterocycles. The first kappa shape index (κ1) is 16.1. The summed E-state index contributed by atoms with van der Waals surface area (Å²) in [5.74, 6) is 1.22. The normalized spacial score (nSPS) is 13.4. The quantitative estimate of drug-likeness (QED) is 0.892. The third-order valence-corrected chi connectivity index (χ3v) is 3.74. The van der Waals surface area contributed by atoms with E-state index < -0.39 is 0 Å². The smallest absolute Gasteiger partial charge is 0.228 e. The summed E-state index contributed by atoms with van der Waals surface area (Å²) in [6, 6.07) is 2.21. The molecule has 6 heteroatoms. The Morgan fingerprint density at radius 3 is 2.71 bits per heavy atom. The lowest BCUT2D eigenvalue weighted by molar-refractivity contribution is 0.247. The van der Waals surface area contributed by atoms with E-state index in [2.05, 4.69) is 64.1 Å². The SMILES string of the molecule is CCNC(Cc1nc(-c2cncc(Br)c2)no1)C(C)(C)C. The maximum absolute atomic E-state index is 5.39. The van der Waals surface area contributed by atoms with Gasteiger partial charge in [-0.25, -0.2) is 0 Å². The van der Waals surface area contributed by atoms with Gasteiger partial charge in [-0.2, -0.15) is 4.98 Å². The molecule has 114 valence electrons. The summed E-state index contributed by atoms with van der Waals surface area (Å²) in [7, 11) is 0. The molecule has 0 aromatic carbocycles. The molecule has 0 aliphatic carbocycles. The van der Waals surface area contributed by atoms with Gasteiger partial charge in [-0.05, 0) is 34.0 Å². The van der Waals surface area contributed by atoms with Crippen LogP contribution in [0.2, 0.25) is 0 Å². The number of halogens is 1. The summed E-state index contributed by atoms with van der Waals surface area (Å²) in [5, 5.41) is 7.53. The van der Waals surface area contributed by atoms with E-state index in [1.54, 1.807) is 12.4 Å². The van der Waals surface area contributed by atoms with E-state index in [0.717, 1.165) is 16.6 Å². The highest BCUT2D eigenvalue weighted by Crippen LogP contribution is 2.24. The van der Waals surface area contributed by atoms with Crippen LogP contribution in [0, 0.1) is 5.41 Å². The van der Waals surface area contributed by atoms with Gasteiger partial charge in [-0.15, -0.1) is 0 Å². The van der Waals surface area contributed by atoms with Gasteiger partial charge in [0.2, 0.25) is 11.7 Å². The average molecular weight is 353 g/mol. The molecule has 1 unspecified atom stereocenters. The Kier molecular flexibility index (Phi) is 5.11. The van der Waals surface area contributed by atoms with Crippen molar-refractivity contribution in [3.63, 3.8) is 0 Å². The first-order valence-electron chi connectivity index (χ1n) is 7.07. The van der Waals surface area contributed by atoms with Crippen molar-refractivity contribution < 1.29 is 4.52 Å². The third-order valence-electron chi connectivity index (χ3n) is 3.31. The van der Waals surface area contributed by atoms with Crippen LogP contribution in [0.3, 0.4) is 0 Å². The van der Waals surface area contributed by atoms with Gasteiger partial charge in [0.1, 0.15) is 0 Å². The summed E-state index contributed by atoms with van der Waals surface area (Å²) in [5.41, 5.74) is 0.970. The number of pyridine rings is 1. The van der Waals surface area contributed by atoms with Crippen LogP contribution in [-0.4, -0.2) is 27.7 Å². The lowest BCUT2D eigenvalue weighted by Crippen LogP contribution is -2.41. The van der Waals surface area contributed by atoms with E-state index in [9.17, 15) is 0 Å². The van der Waals surface area contributed by atoms with Crippen LogP contribution in [0.25, 0.3) is 11.4 Å². The number of likely N-dealkylation sites (N-methyl/N-ethyl adjacent to an activating group) is 1. The fraction of sp³-hybridized carbons (Fsp3) is 0.533. The Bertz CT molecular complexity index is 591. The molecule has 0 amide bonds. The van der Waals surface area contributed by atoms with Crippen molar-refractivity contribution in [1.82, 2.24) is 20.4 Å². The van der Waals surface area contributed by atoms with Gasteiger partial charge in [-0.3, -0.25) is 4.98 Å². The van der Waals surface area contributed by atoms with Gasteiger partial charge in [-0.1, -0.05) is 32.9 Å². The van der Waals surface area contributed by atoms with Crippen molar-refractivity contribution in [1.29, 1.82) is 0 Å². The van der Waals surface area contributed by atoms with Gasteiger partial charge in [0.15, 0.2) is 0 Å². The van der Waals surface area contributed by atoms with Gasteiger partial charge in [0.25, 0.3) is 0 Å². The third kappa shape index (κ3) is 4.35. The molecular formula is C15H21BrN4O. The second-order valence-corrected chi connectivity index (χ2v) is 7.00. The Morgan fingerprint density at radius 2 is 2.10 bits per heavy atom. The predicted octanol–water partition coefficient (Wildman–Crippen LogP) is 3.46. The highest BCUT2D eigenvalue weighted by Gasteiger charge is 2.26. The summed E-state index contributed by atoms with van der Waals surface area (Å²) < 4.78 is 6.28. The molecule has 0 bridgehead atoms. The number of nitrogens with zero attached hydrogens (tertiary/aromatic N) is 3. The molecule has 1 N–H and O–H groups in total. The molecule has 0 saturated heterocycles. The van der Waals surface area contributed by atoms with Crippen molar-refractivity contribution in [2.24, 2.45) is 5.41 Å². The molecule has 2 aromatic heterocycles. The van der Waals surface area contributed by atoms with Crippen LogP contribution >= 0.6 is 15.9 Å². The van der Waals surface area contributed by atoms with E-state index >= 15 is 0 Å². The summed E-state index contributed by atoms with van der Waals surface area (Å²) in [4.78, 5) is 8.60. The number of nitrogens with one attached hydrogen (secondary N) is 1. The largest absolute Gasteiger partial charge is 0.339 e. The Balaban J connectivity index is 2.16. The number of aromatic nitrogens is 3. The number of hydrogen-bond donors (Lipinski definition) is 1. The van der Waals surface area contributed by atoms with Gasteiger partial charge >= 0.3 is 0 Å². The molecule has 2 aromatic rings. The van der Waals surface area contributed by atoms with Crippen LogP contribution in [0.15, 0.2) is 27.5 Å². The summed E-state index contributed by atoms with van der Waals surface area (Å²) in [6.07, 6.45) is 4.17. The fourth-order valence-electron chi connectivity index (χ4n) is 2.09. The molecule has 0 spiro atoms. The highest BCUT2D eigenvalue weighted by atomic mass is 79.9. The van der Waals surface area contributed by atoms with Crippen molar-refractivity contribution in [2.75, 3.05) is 6.54 Å². The maximum Gasteiger partial charge on any atom is 0.228 e. The predicted molar refractivity (Wildman–Crippen MR) is 85.9 cm³/mol. The van der Waals surface area contributed by atoms with Crippen LogP contribution in [-0.2, 0) is 6.42 Å². The molecule has 0 radical (unpaired) electrons. The van der Waals surface area contributed by atoms with E-state index in [0.29, 0.717) is 18.1 Å². The van der Waals surface area contributed by atoms with Crippen molar-refractivity contribution in [2.45, 2.75) is 40.2 Å². The molecule has 21 heavy (non-hydrogen) atoms. The second kappa shape index (κ2) is 6.66. The molecule has 2 rings (SSSR count). The van der Waals surface area contributed by atoms with Crippen LogP contribution in [0.1, 0.15) is 33.6 Å². The molecule has 0 aliphatic rings. The second-order valence-electron chi connectivity index (χ2n) is 6.08.